The lowest BCUT2D eigenvalue weighted by Gasteiger charge is -1.87. The van der Waals surface area contributed by atoms with E-state index in [1.165, 1.54) is 0 Å². The Morgan fingerprint density at radius 3 is 2.88 bits per heavy atom. The highest BCUT2D eigenvalue weighted by molar-refractivity contribution is 5.13. The lowest BCUT2D eigenvalue weighted by atomic mass is 10.3. The van der Waals surface area contributed by atoms with Crippen LogP contribution in [-0.2, 0) is 0 Å². The fraction of sp³-hybridized carbons (Fsp3) is 0. The van der Waals surface area contributed by atoms with Gasteiger partial charge in [-0.3, -0.25) is 4.98 Å². The Hall–Kier alpha value is -0.890. The first-order chi connectivity index (χ1) is 3.93. The van der Waals surface area contributed by atoms with E-state index in [1.807, 2.05) is 0 Å². The Bertz CT molecular complexity index is 150. The number of hydrogen-bond acceptors (Lipinski definition) is 2. The third kappa shape index (κ3) is 1.04. The van der Waals surface area contributed by atoms with Gasteiger partial charge in [0.1, 0.15) is 6.61 Å². The topological polar surface area (TPSA) is 33.1 Å². The SMILES string of the molecule is O[CH]c1cccnc1. The van der Waals surface area contributed by atoms with Crippen LogP contribution >= 0.6 is 0 Å². The van der Waals surface area contributed by atoms with Gasteiger partial charge in [-0.15, -0.1) is 0 Å². The number of aromatic nitrogens is 1. The van der Waals surface area contributed by atoms with E-state index in [2.05, 4.69) is 4.98 Å². The maximum atomic E-state index is 8.37. The summed E-state index contributed by atoms with van der Waals surface area (Å²) in [5, 5.41) is 8.37. The third-order valence-corrected chi connectivity index (χ3v) is 0.833. The van der Waals surface area contributed by atoms with Gasteiger partial charge in [-0.2, -0.15) is 0 Å². The van der Waals surface area contributed by atoms with Crippen LogP contribution in [0.3, 0.4) is 0 Å². The van der Waals surface area contributed by atoms with Crippen LogP contribution < -0.4 is 0 Å². The van der Waals surface area contributed by atoms with Gasteiger partial charge in [0.15, 0.2) is 0 Å². The van der Waals surface area contributed by atoms with E-state index in [4.69, 9.17) is 5.11 Å². The molecule has 1 aromatic heterocycles. The van der Waals surface area contributed by atoms with Crippen molar-refractivity contribution in [3.8, 4) is 0 Å². The van der Waals surface area contributed by atoms with Crippen molar-refractivity contribution in [3.05, 3.63) is 36.7 Å². The van der Waals surface area contributed by atoms with Crippen LogP contribution in [0.4, 0.5) is 0 Å². The minimum atomic E-state index is 0.729. The summed E-state index contributed by atoms with van der Waals surface area (Å²) in [4.78, 5) is 3.76. The molecule has 0 saturated heterocycles. The van der Waals surface area contributed by atoms with E-state index in [0.717, 1.165) is 12.2 Å². The number of rotatable bonds is 1. The van der Waals surface area contributed by atoms with Crippen LogP contribution in [0.2, 0.25) is 0 Å². The molecule has 0 amide bonds. The van der Waals surface area contributed by atoms with Gasteiger partial charge in [-0.05, 0) is 6.07 Å². The molecule has 0 saturated carbocycles. The van der Waals surface area contributed by atoms with Crippen molar-refractivity contribution in [2.45, 2.75) is 0 Å². The summed E-state index contributed by atoms with van der Waals surface area (Å²) in [5.74, 6) is 0. The van der Waals surface area contributed by atoms with Crippen LogP contribution in [-0.4, -0.2) is 10.1 Å². The molecular weight excluding hydrogens is 102 g/mol. The van der Waals surface area contributed by atoms with E-state index < -0.39 is 0 Å². The number of pyridine rings is 1. The maximum Gasteiger partial charge on any atom is 0.111 e. The van der Waals surface area contributed by atoms with E-state index in [1.54, 1.807) is 24.5 Å². The third-order valence-electron chi connectivity index (χ3n) is 0.833. The maximum absolute atomic E-state index is 8.37. The average Bonchev–Trinajstić information content (AvgIpc) is 1.90. The first kappa shape index (κ1) is 5.25. The minimum Gasteiger partial charge on any atom is -0.385 e. The monoisotopic (exact) mass is 108 g/mol. The molecule has 2 heteroatoms. The number of nitrogens with zero attached hydrogens (tertiary/aromatic N) is 1. The van der Waals surface area contributed by atoms with Gasteiger partial charge in [0.05, 0.1) is 0 Å². The second kappa shape index (κ2) is 2.43. The smallest absolute Gasteiger partial charge is 0.111 e. The van der Waals surface area contributed by atoms with E-state index in [9.17, 15) is 0 Å². The minimum absolute atomic E-state index is 0.729. The number of aliphatic hydroxyl groups is 1. The summed E-state index contributed by atoms with van der Waals surface area (Å²) in [6.07, 6.45) is 3.24. The summed E-state index contributed by atoms with van der Waals surface area (Å²) in [6.45, 7) is 1.02. The first-order valence-corrected chi connectivity index (χ1v) is 2.31. The summed E-state index contributed by atoms with van der Waals surface area (Å²) >= 11 is 0. The van der Waals surface area contributed by atoms with Crippen molar-refractivity contribution in [3.63, 3.8) is 0 Å². The van der Waals surface area contributed by atoms with Crippen LogP contribution in [0.5, 0.6) is 0 Å². The first-order valence-electron chi connectivity index (χ1n) is 2.31. The summed E-state index contributed by atoms with van der Waals surface area (Å²) in [6, 6.07) is 3.54. The molecular formula is C6H6NO. The zero-order valence-corrected chi connectivity index (χ0v) is 4.28. The van der Waals surface area contributed by atoms with Crippen LogP contribution in [0.15, 0.2) is 24.5 Å². The molecule has 0 aromatic carbocycles. The fourth-order valence-electron chi connectivity index (χ4n) is 0.452. The highest BCUT2D eigenvalue weighted by Crippen LogP contribution is 1.94. The quantitative estimate of drug-likeness (QED) is 0.581. The molecule has 2 nitrogen and oxygen atoms in total. The molecule has 8 heavy (non-hydrogen) atoms. The van der Waals surface area contributed by atoms with E-state index >= 15 is 0 Å². The fourth-order valence-corrected chi connectivity index (χ4v) is 0.452. The lowest BCUT2D eigenvalue weighted by Crippen LogP contribution is -1.78. The van der Waals surface area contributed by atoms with Gasteiger partial charge >= 0.3 is 0 Å². The highest BCUT2D eigenvalue weighted by Gasteiger charge is 1.83. The summed E-state index contributed by atoms with van der Waals surface area (Å²) in [7, 11) is 0. The van der Waals surface area contributed by atoms with Gasteiger partial charge in [0.2, 0.25) is 0 Å². The van der Waals surface area contributed by atoms with E-state index in [0.29, 0.717) is 0 Å². The van der Waals surface area contributed by atoms with Crippen LogP contribution in [0, 0.1) is 6.61 Å². The van der Waals surface area contributed by atoms with Gasteiger partial charge in [0.25, 0.3) is 0 Å². The second-order valence-electron chi connectivity index (χ2n) is 1.42. The second-order valence-corrected chi connectivity index (χ2v) is 1.42. The molecule has 0 aliphatic rings. The highest BCUT2D eigenvalue weighted by atomic mass is 16.3. The number of aliphatic hydroxyl groups excluding tert-OH is 1. The van der Waals surface area contributed by atoms with Crippen molar-refractivity contribution in [2.24, 2.45) is 0 Å². The normalized spacial score (nSPS) is 9.12. The van der Waals surface area contributed by atoms with Crippen molar-refractivity contribution in [1.29, 1.82) is 0 Å². The molecule has 1 rings (SSSR count). The molecule has 1 N–H and O–H groups in total. The Labute approximate surface area is 47.8 Å². The predicted molar refractivity (Wildman–Crippen MR) is 29.6 cm³/mol. The van der Waals surface area contributed by atoms with Gasteiger partial charge < -0.3 is 5.11 Å². The zero-order valence-electron chi connectivity index (χ0n) is 4.28. The molecule has 0 spiro atoms. The Morgan fingerprint density at radius 1 is 1.62 bits per heavy atom. The molecule has 41 valence electrons. The summed E-state index contributed by atoms with van der Waals surface area (Å²) < 4.78 is 0. The molecule has 1 heterocycles. The molecule has 0 aliphatic heterocycles. The Morgan fingerprint density at radius 2 is 2.50 bits per heavy atom. The van der Waals surface area contributed by atoms with Crippen molar-refractivity contribution in [1.82, 2.24) is 4.98 Å². The molecule has 0 aliphatic carbocycles. The number of hydrogen-bond donors (Lipinski definition) is 1. The predicted octanol–water partition coefficient (Wildman–Crippen LogP) is 0.964. The van der Waals surface area contributed by atoms with Gasteiger partial charge in [0, 0.05) is 18.0 Å². The molecule has 1 radical (unpaired) electrons. The molecule has 0 atom stereocenters. The zero-order chi connectivity index (χ0) is 5.82. The molecule has 0 unspecified atom stereocenters. The van der Waals surface area contributed by atoms with Crippen molar-refractivity contribution in [2.75, 3.05) is 0 Å². The molecule has 0 bridgehead atoms. The average molecular weight is 108 g/mol. The Kier molecular flexibility index (Phi) is 1.59. The Balaban J connectivity index is 2.83. The molecule has 1 aromatic rings. The largest absolute Gasteiger partial charge is 0.385 e. The molecule has 0 fully saturated rings. The van der Waals surface area contributed by atoms with Gasteiger partial charge in [-0.1, -0.05) is 6.07 Å². The van der Waals surface area contributed by atoms with Crippen molar-refractivity contribution >= 4 is 0 Å². The van der Waals surface area contributed by atoms with Crippen molar-refractivity contribution < 1.29 is 5.11 Å². The van der Waals surface area contributed by atoms with Crippen LogP contribution in [0.1, 0.15) is 5.56 Å². The lowest BCUT2D eigenvalue weighted by molar-refractivity contribution is 0.414. The van der Waals surface area contributed by atoms with Crippen LogP contribution in [0.25, 0.3) is 0 Å². The van der Waals surface area contributed by atoms with Gasteiger partial charge in [-0.25, -0.2) is 0 Å². The standard InChI is InChI=1S/C6H6NO/c8-5-6-2-1-3-7-4-6/h1-5,8H. The summed E-state index contributed by atoms with van der Waals surface area (Å²) in [5.41, 5.74) is 0.729. The van der Waals surface area contributed by atoms with E-state index in [-0.39, 0.29) is 0 Å².